The van der Waals surface area contributed by atoms with Crippen molar-refractivity contribution in [1.82, 2.24) is 9.47 Å². The van der Waals surface area contributed by atoms with Crippen molar-refractivity contribution in [1.29, 1.82) is 0 Å². The van der Waals surface area contributed by atoms with Gasteiger partial charge in [-0.05, 0) is 6.07 Å². The smallest absolute Gasteiger partial charge is 0.345 e. The molecule has 2 aromatic rings. The van der Waals surface area contributed by atoms with Crippen LogP contribution in [0.25, 0.3) is 0 Å². The van der Waals surface area contributed by atoms with Crippen LogP contribution in [0.15, 0.2) is 24.4 Å². The summed E-state index contributed by atoms with van der Waals surface area (Å²) in [7, 11) is 0.965. The van der Waals surface area contributed by atoms with Gasteiger partial charge in [0.1, 0.15) is 10.1 Å². The van der Waals surface area contributed by atoms with Gasteiger partial charge >= 0.3 is 5.97 Å². The number of alkyl halides is 1. The number of carbonyl (C=O) groups is 1. The van der Waals surface area contributed by atoms with Crippen molar-refractivity contribution in [2.24, 2.45) is 0 Å². The lowest BCUT2D eigenvalue weighted by atomic mass is 10.2. The number of esters is 1. The van der Waals surface area contributed by atoms with Crippen LogP contribution in [-0.2, 0) is 10.1 Å². The van der Waals surface area contributed by atoms with Gasteiger partial charge in [-0.25, -0.2) is 31.4 Å². The number of quaternary nitrogens is 1. The van der Waals surface area contributed by atoms with Crippen LogP contribution in [-0.4, -0.2) is 51.1 Å². The fourth-order valence-corrected chi connectivity index (χ4v) is 1.70. The van der Waals surface area contributed by atoms with E-state index < -0.39 is 51.1 Å². The maximum Gasteiger partial charge on any atom is 0.345 e. The Balaban J connectivity index is 0.000000612. The van der Waals surface area contributed by atoms with E-state index in [0.29, 0.717) is 10.3 Å². The molecule has 0 saturated carbocycles. The van der Waals surface area contributed by atoms with E-state index in [9.17, 15) is 26.7 Å². The molecule has 0 spiro atoms. The van der Waals surface area contributed by atoms with Gasteiger partial charge in [0, 0.05) is 18.3 Å². The quantitative estimate of drug-likeness (QED) is 0.180. The Hall–Kier alpha value is -2.64. The number of ether oxygens (including phenoxy) is 1. The summed E-state index contributed by atoms with van der Waals surface area (Å²) in [5, 5.41) is 0. The second-order valence-corrected chi connectivity index (χ2v) is 7.60. The summed E-state index contributed by atoms with van der Waals surface area (Å²) >= 11 is 0. The molecule has 0 amide bonds. The molecule has 1 aromatic heterocycles. The third-order valence-corrected chi connectivity index (χ3v) is 3.34. The molecule has 0 radical (unpaired) electrons. The van der Waals surface area contributed by atoms with Crippen molar-refractivity contribution in [2.75, 3.05) is 27.1 Å². The van der Waals surface area contributed by atoms with E-state index in [-0.39, 0.29) is 11.6 Å². The monoisotopic (exact) mass is 442 g/mol. The minimum atomic E-state index is -4.58. The van der Waals surface area contributed by atoms with E-state index in [1.807, 2.05) is 21.1 Å². The summed E-state index contributed by atoms with van der Waals surface area (Å²) in [6, 6.07) is 1.07. The zero-order chi connectivity index (χ0) is 22.6. The molecule has 7 nitrogen and oxygen atoms in total. The van der Waals surface area contributed by atoms with Crippen LogP contribution in [0.2, 0.25) is 0 Å². The largest absolute Gasteiger partial charge is 0.746 e. The number of halogens is 5. The second-order valence-electron chi connectivity index (χ2n) is 6.27. The average molecular weight is 442 g/mol. The van der Waals surface area contributed by atoms with Crippen LogP contribution in [0.5, 0.6) is 5.75 Å². The zero-order valence-corrected chi connectivity index (χ0v) is 16.1. The Morgan fingerprint density at radius 1 is 1.10 bits per heavy atom. The normalized spacial score (nSPS) is 11.5. The topological polar surface area (TPSA) is 96.4 Å². The number of hydrogen-bond acceptors (Lipinski definition) is 6. The van der Waals surface area contributed by atoms with Gasteiger partial charge < -0.3 is 9.29 Å². The van der Waals surface area contributed by atoms with Gasteiger partial charge in [0.2, 0.25) is 23.2 Å². The maximum absolute atomic E-state index is 13.5. The van der Waals surface area contributed by atoms with Gasteiger partial charge in [0.15, 0.2) is 17.6 Å². The fourth-order valence-electron chi connectivity index (χ4n) is 1.70. The molecule has 0 N–H and O–H groups in total. The van der Waals surface area contributed by atoms with Gasteiger partial charge in [-0.15, -0.1) is 0 Å². The Bertz CT molecular complexity index is 966. The van der Waals surface area contributed by atoms with Crippen molar-refractivity contribution in [3.63, 3.8) is 0 Å². The van der Waals surface area contributed by atoms with E-state index >= 15 is 0 Å². The average Bonchev–Trinajstić information content (AvgIpc) is 2.63. The number of carbonyl (C=O) groups excluding carboxylic acids is 1. The predicted molar refractivity (Wildman–Crippen MR) is 90.7 cm³/mol. The van der Waals surface area contributed by atoms with Crippen molar-refractivity contribution in [3.05, 3.63) is 53.2 Å². The number of pyridine rings is 1. The first-order valence-corrected chi connectivity index (χ1v) is 9.08. The van der Waals surface area contributed by atoms with Crippen molar-refractivity contribution < 1.29 is 44.5 Å². The summed E-state index contributed by atoms with van der Waals surface area (Å²) < 4.78 is 95.7. The first-order valence-electron chi connectivity index (χ1n) is 7.50. The van der Waals surface area contributed by atoms with E-state index in [2.05, 4.69) is 9.72 Å². The molecule has 1 heterocycles. The van der Waals surface area contributed by atoms with Gasteiger partial charge in [0.05, 0.1) is 26.7 Å². The molecular weight excluding hydrogens is 427 g/mol. The SMILES string of the molecule is C[N+](C)(C)c1ccc(C(=O)Oc2c(F)c(F)cc(F)c2F)cn1.O=S(=O)([O-])CF. The van der Waals surface area contributed by atoms with Crippen LogP contribution >= 0.6 is 0 Å². The van der Waals surface area contributed by atoms with Crippen LogP contribution in [0.1, 0.15) is 10.4 Å². The Morgan fingerprint density at radius 3 is 1.93 bits per heavy atom. The van der Waals surface area contributed by atoms with E-state index in [1.165, 1.54) is 12.1 Å². The van der Waals surface area contributed by atoms with Crippen LogP contribution in [0.4, 0.5) is 27.8 Å². The predicted octanol–water partition coefficient (Wildman–Crippen LogP) is 2.51. The molecule has 0 atom stereocenters. The number of hydrogen-bond donors (Lipinski definition) is 0. The molecule has 29 heavy (non-hydrogen) atoms. The highest BCUT2D eigenvalue weighted by Gasteiger charge is 2.24. The van der Waals surface area contributed by atoms with Gasteiger partial charge in [0.25, 0.3) is 0 Å². The van der Waals surface area contributed by atoms with Gasteiger partial charge in [-0.2, -0.15) is 8.78 Å². The van der Waals surface area contributed by atoms with E-state index in [0.717, 1.165) is 6.20 Å². The molecule has 0 bridgehead atoms. The Kier molecular flexibility index (Phi) is 7.77. The summed E-state index contributed by atoms with van der Waals surface area (Å²) in [4.78, 5) is 15.9. The third kappa shape index (κ3) is 7.03. The molecule has 1 aromatic carbocycles. The highest BCUT2D eigenvalue weighted by Crippen LogP contribution is 2.27. The summed E-state index contributed by atoms with van der Waals surface area (Å²) in [5.74, 6) is -8.89. The molecular formula is C16H15F5N2O5S. The molecule has 0 fully saturated rings. The van der Waals surface area contributed by atoms with E-state index in [1.54, 1.807) is 0 Å². The molecule has 2 rings (SSSR count). The Morgan fingerprint density at radius 2 is 1.59 bits per heavy atom. The Labute approximate surface area is 162 Å². The standard InChI is InChI=1S/C15H13F4N2O2.CH3FO3S/c1-21(2,3)11-5-4-8(7-20-11)15(22)23-14-12(18)9(16)6-10(17)13(14)19;2-1-6(3,4)5/h4-7H,1-3H3;1H2,(H,3,4,5)/q+1;/p-1. The second kappa shape index (κ2) is 9.24. The minimum absolute atomic E-state index is 0.0274. The summed E-state index contributed by atoms with van der Waals surface area (Å²) in [6.45, 7) is 0. The molecule has 160 valence electrons. The summed E-state index contributed by atoms with van der Waals surface area (Å²) in [6.07, 6.45) is 1.15. The molecule has 0 aliphatic heterocycles. The lowest BCUT2D eigenvalue weighted by Gasteiger charge is -2.21. The number of rotatable bonds is 4. The minimum Gasteiger partial charge on any atom is -0.746 e. The maximum atomic E-state index is 13.5. The fraction of sp³-hybridized carbons (Fsp3) is 0.250. The molecule has 13 heteroatoms. The first-order chi connectivity index (χ1) is 13.2. The molecule has 0 aliphatic rings. The lowest BCUT2D eigenvalue weighted by Crippen LogP contribution is -2.35. The highest BCUT2D eigenvalue weighted by molar-refractivity contribution is 7.85. The van der Waals surface area contributed by atoms with Crippen molar-refractivity contribution >= 4 is 21.9 Å². The zero-order valence-electron chi connectivity index (χ0n) is 15.3. The third-order valence-electron chi connectivity index (χ3n) is 3.07. The number of benzene rings is 1. The van der Waals surface area contributed by atoms with Crippen molar-refractivity contribution in [2.45, 2.75) is 0 Å². The lowest BCUT2D eigenvalue weighted by molar-refractivity contribution is 0.0716. The molecule has 0 aliphatic carbocycles. The molecule has 0 unspecified atom stereocenters. The first kappa shape index (κ1) is 24.4. The van der Waals surface area contributed by atoms with Crippen LogP contribution < -0.4 is 9.22 Å². The number of nitrogens with zero attached hydrogens (tertiary/aromatic N) is 2. The van der Waals surface area contributed by atoms with E-state index in [4.69, 9.17) is 13.0 Å². The van der Waals surface area contributed by atoms with Crippen LogP contribution in [0, 0.1) is 23.3 Å². The summed E-state index contributed by atoms with van der Waals surface area (Å²) in [5.41, 5.74) is -0.120. The molecule has 0 saturated heterocycles. The number of aromatic nitrogens is 1. The highest BCUT2D eigenvalue weighted by atomic mass is 32.2. The van der Waals surface area contributed by atoms with Gasteiger partial charge in [-0.3, -0.25) is 4.48 Å². The van der Waals surface area contributed by atoms with Crippen LogP contribution in [0.3, 0.4) is 0 Å². The van der Waals surface area contributed by atoms with Gasteiger partial charge in [-0.1, -0.05) is 0 Å². The van der Waals surface area contributed by atoms with Crippen molar-refractivity contribution in [3.8, 4) is 5.75 Å².